The van der Waals surface area contributed by atoms with E-state index < -0.39 is 8.24 Å². The summed E-state index contributed by atoms with van der Waals surface area (Å²) in [6.45, 7) is 7.07. The van der Waals surface area contributed by atoms with Gasteiger partial charge in [0.15, 0.2) is 0 Å². The zero-order valence-electron chi connectivity index (χ0n) is 15.6. The molecule has 26 heavy (non-hydrogen) atoms. The molecule has 4 heteroatoms. The zero-order valence-corrected chi connectivity index (χ0v) is 16.5. The highest BCUT2D eigenvalue weighted by molar-refractivity contribution is 7.31. The summed E-state index contributed by atoms with van der Waals surface area (Å²) >= 11 is 0. The van der Waals surface area contributed by atoms with E-state index in [4.69, 9.17) is 12.9 Å². The van der Waals surface area contributed by atoms with Crippen molar-refractivity contribution < 1.29 is 12.9 Å². The Morgan fingerprint density at radius 2 is 1.50 bits per heavy atom. The molecule has 0 amide bonds. The Labute approximate surface area is 155 Å². The Kier molecular flexibility index (Phi) is 3.58. The number of para-hydroxylation sites is 2. The van der Waals surface area contributed by atoms with Gasteiger partial charge in [0.25, 0.3) is 0 Å². The van der Waals surface area contributed by atoms with Crippen molar-refractivity contribution in [2.75, 3.05) is 0 Å². The monoisotopic (exact) mass is 368 g/mol. The lowest BCUT2D eigenvalue weighted by Crippen LogP contribution is -2.43. The molecule has 2 aliphatic rings. The second kappa shape index (κ2) is 5.65. The standard InChI is InChI=1S/C22H25O3P/c1-21(2)15-12-13-22(3,14-15)20(21)25-26-23-18-10-6-4-8-16(18)17-9-5-7-11-19(17)24-26/h4-11,15,20H,12-14H2,1-3H3/t15-,20-,22+/m0/s1. The Balaban J connectivity index is 1.68. The summed E-state index contributed by atoms with van der Waals surface area (Å²) in [5.74, 6) is 0.735. The number of benzene rings is 2. The first-order valence-electron chi connectivity index (χ1n) is 9.49. The minimum absolute atomic E-state index is 0.160. The van der Waals surface area contributed by atoms with Crippen molar-refractivity contribution in [3.63, 3.8) is 0 Å². The number of hydrogen-bond donors (Lipinski definition) is 0. The van der Waals surface area contributed by atoms with Crippen molar-refractivity contribution in [1.29, 1.82) is 0 Å². The Hall–Kier alpha value is -1.70. The lowest BCUT2D eigenvalue weighted by molar-refractivity contribution is 0.0123. The van der Waals surface area contributed by atoms with E-state index in [0.29, 0.717) is 0 Å². The molecule has 3 aromatic rings. The molecule has 3 atom stereocenters. The molecule has 0 aliphatic heterocycles. The summed E-state index contributed by atoms with van der Waals surface area (Å²) in [4.78, 5) is 0. The lowest BCUT2D eigenvalue weighted by atomic mass is 9.70. The number of rotatable bonds is 2. The van der Waals surface area contributed by atoms with Gasteiger partial charge < -0.3 is 8.39 Å². The largest absolute Gasteiger partial charge is 0.399 e. The van der Waals surface area contributed by atoms with E-state index >= 15 is 0 Å². The van der Waals surface area contributed by atoms with E-state index in [1.165, 1.54) is 19.3 Å². The van der Waals surface area contributed by atoms with Crippen LogP contribution in [0.1, 0.15) is 40.0 Å². The minimum Gasteiger partial charge on any atom is -0.399 e. The van der Waals surface area contributed by atoms with Crippen LogP contribution in [-0.2, 0) is 0 Å². The average Bonchev–Trinajstić information content (AvgIpc) is 3.04. The van der Waals surface area contributed by atoms with Gasteiger partial charge >= 0.3 is 8.24 Å². The lowest BCUT2D eigenvalue weighted by Gasteiger charge is -2.40. The Morgan fingerprint density at radius 3 is 2.04 bits per heavy atom. The van der Waals surface area contributed by atoms with Crippen LogP contribution in [0.4, 0.5) is 0 Å². The first-order chi connectivity index (χ1) is 12.5. The highest BCUT2D eigenvalue weighted by Gasteiger charge is 2.60. The van der Waals surface area contributed by atoms with Gasteiger partial charge in [-0.25, -0.2) is 0 Å². The highest BCUT2D eigenvalue weighted by atomic mass is 31.1. The molecular formula is C22H25O3P. The predicted molar refractivity (Wildman–Crippen MR) is 106 cm³/mol. The number of fused-ring (bicyclic) bond motifs is 5. The van der Waals surface area contributed by atoms with Gasteiger partial charge in [-0.3, -0.25) is 4.52 Å². The molecule has 1 heterocycles. The van der Waals surface area contributed by atoms with Crippen molar-refractivity contribution in [1.82, 2.24) is 0 Å². The first-order valence-corrected chi connectivity index (χ1v) is 10.6. The molecular weight excluding hydrogens is 343 g/mol. The Bertz CT molecular complexity index is 959. The van der Waals surface area contributed by atoms with Gasteiger partial charge in [-0.1, -0.05) is 57.2 Å². The molecule has 2 bridgehead atoms. The molecule has 1 aromatic heterocycles. The smallest absolute Gasteiger partial charge is 0.387 e. The van der Waals surface area contributed by atoms with Gasteiger partial charge in [0.2, 0.25) is 0 Å². The summed E-state index contributed by atoms with van der Waals surface area (Å²) in [7, 11) is -1.48. The van der Waals surface area contributed by atoms with Gasteiger partial charge in [0, 0.05) is 10.8 Å². The SMILES string of the molecule is CC1(C)[C@H]2CC[C@](C)(C2)[C@H]1Op1oc2ccccc2c2ccccc2o1. The van der Waals surface area contributed by atoms with E-state index in [9.17, 15) is 0 Å². The predicted octanol–water partition coefficient (Wildman–Crippen LogP) is 6.93. The molecule has 2 saturated carbocycles. The van der Waals surface area contributed by atoms with E-state index in [2.05, 4.69) is 32.9 Å². The van der Waals surface area contributed by atoms with Crippen molar-refractivity contribution in [3.8, 4) is 0 Å². The van der Waals surface area contributed by atoms with Crippen LogP contribution in [0, 0.1) is 16.7 Å². The molecule has 3 nitrogen and oxygen atoms in total. The van der Waals surface area contributed by atoms with E-state index in [1.54, 1.807) is 0 Å². The molecule has 2 fully saturated rings. The van der Waals surface area contributed by atoms with Crippen LogP contribution in [0.15, 0.2) is 56.9 Å². The second-order valence-electron chi connectivity index (χ2n) is 8.80. The maximum absolute atomic E-state index is 6.62. The van der Waals surface area contributed by atoms with Crippen molar-refractivity contribution >= 4 is 30.2 Å². The van der Waals surface area contributed by atoms with Crippen LogP contribution in [0.3, 0.4) is 0 Å². The second-order valence-corrected chi connectivity index (χ2v) is 9.82. The molecule has 2 aliphatic carbocycles. The topological polar surface area (TPSA) is 35.5 Å². The molecule has 0 spiro atoms. The number of hydrogen-bond acceptors (Lipinski definition) is 3. The van der Waals surface area contributed by atoms with E-state index in [1.807, 2.05) is 36.4 Å². The van der Waals surface area contributed by atoms with E-state index in [-0.39, 0.29) is 16.9 Å². The van der Waals surface area contributed by atoms with Crippen LogP contribution in [-0.4, -0.2) is 6.10 Å². The van der Waals surface area contributed by atoms with Gasteiger partial charge in [0.05, 0.1) is 6.10 Å². The summed E-state index contributed by atoms with van der Waals surface area (Å²) in [6, 6.07) is 16.3. The molecule has 5 rings (SSSR count). The molecule has 0 N–H and O–H groups in total. The fraction of sp³-hybridized carbons (Fsp3) is 0.455. The van der Waals surface area contributed by atoms with Crippen LogP contribution in [0.5, 0.6) is 0 Å². The van der Waals surface area contributed by atoms with Crippen molar-refractivity contribution in [2.24, 2.45) is 16.7 Å². The maximum Gasteiger partial charge on any atom is 0.387 e. The van der Waals surface area contributed by atoms with E-state index in [0.717, 1.165) is 27.9 Å². The first kappa shape index (κ1) is 16.5. The third-order valence-electron chi connectivity index (χ3n) is 6.74. The maximum atomic E-state index is 6.62. The van der Waals surface area contributed by atoms with Gasteiger partial charge in [-0.05, 0) is 48.1 Å². The third kappa shape index (κ3) is 2.37. The summed E-state index contributed by atoms with van der Waals surface area (Å²) < 4.78 is 19.2. The van der Waals surface area contributed by atoms with Gasteiger partial charge in [0.1, 0.15) is 11.2 Å². The molecule has 136 valence electrons. The normalized spacial score (nSPS) is 29.5. The van der Waals surface area contributed by atoms with Crippen LogP contribution >= 0.6 is 8.24 Å². The minimum atomic E-state index is -1.48. The fourth-order valence-corrected chi connectivity index (χ4v) is 6.83. The Morgan fingerprint density at radius 1 is 0.923 bits per heavy atom. The molecule has 0 unspecified atom stereocenters. The fourth-order valence-electron chi connectivity index (χ4n) is 5.37. The summed E-state index contributed by atoms with van der Waals surface area (Å²) in [5, 5.41) is 2.13. The van der Waals surface area contributed by atoms with Crippen LogP contribution in [0.2, 0.25) is 0 Å². The van der Waals surface area contributed by atoms with Crippen LogP contribution < -0.4 is 4.52 Å². The van der Waals surface area contributed by atoms with Crippen molar-refractivity contribution in [3.05, 3.63) is 48.5 Å². The van der Waals surface area contributed by atoms with Gasteiger partial charge in [-0.15, -0.1) is 0 Å². The molecule has 0 saturated heterocycles. The molecule has 2 aromatic carbocycles. The zero-order chi connectivity index (χ0) is 17.9. The quantitative estimate of drug-likeness (QED) is 0.492. The average molecular weight is 368 g/mol. The summed E-state index contributed by atoms with van der Waals surface area (Å²) in [6.07, 6.45) is 3.97. The van der Waals surface area contributed by atoms with Crippen LogP contribution in [0.25, 0.3) is 21.9 Å². The summed E-state index contributed by atoms with van der Waals surface area (Å²) in [5.41, 5.74) is 2.08. The third-order valence-corrected chi connectivity index (χ3v) is 7.81. The van der Waals surface area contributed by atoms with Crippen molar-refractivity contribution in [2.45, 2.75) is 46.1 Å². The molecule has 0 radical (unpaired) electrons. The van der Waals surface area contributed by atoms with Gasteiger partial charge in [-0.2, -0.15) is 0 Å². The highest BCUT2D eigenvalue weighted by Crippen LogP contribution is 2.64.